The van der Waals surface area contributed by atoms with Crippen LogP contribution in [-0.4, -0.2) is 0 Å². The van der Waals surface area contributed by atoms with Crippen LogP contribution in [0.2, 0.25) is 0 Å². The van der Waals surface area contributed by atoms with Crippen molar-refractivity contribution >= 4 is 76.2 Å². The fourth-order valence-electron chi connectivity index (χ4n) is 8.30. The van der Waals surface area contributed by atoms with Crippen LogP contribution < -0.4 is 0 Å². The molecule has 2 aromatic heterocycles. The van der Waals surface area contributed by atoms with Crippen LogP contribution in [0, 0.1) is 0 Å². The van der Waals surface area contributed by atoms with Gasteiger partial charge in [-0.2, -0.15) is 0 Å². The Kier molecular flexibility index (Phi) is 5.70. The van der Waals surface area contributed by atoms with E-state index in [1.54, 1.807) is 0 Å². The molecule has 0 unspecified atom stereocenters. The summed E-state index contributed by atoms with van der Waals surface area (Å²) in [6.07, 6.45) is 0. The molecule has 0 radical (unpaired) electrons. The second kappa shape index (κ2) is 10.4. The predicted octanol–water partition coefficient (Wildman–Crippen LogP) is 13.9. The van der Waals surface area contributed by atoms with Gasteiger partial charge in [0.05, 0.1) is 5.39 Å². The quantitative estimate of drug-likeness (QED) is 0.180. The largest absolute Gasteiger partial charge is 0.456 e. The summed E-state index contributed by atoms with van der Waals surface area (Å²) < 4.78 is 13.3. The van der Waals surface area contributed by atoms with Crippen molar-refractivity contribution < 1.29 is 8.83 Å². The smallest absolute Gasteiger partial charge is 0.147 e. The highest BCUT2D eigenvalue weighted by atomic mass is 16.3. The minimum Gasteiger partial charge on any atom is -0.456 e. The first kappa shape index (κ1) is 27.3. The van der Waals surface area contributed by atoms with E-state index in [1.165, 1.54) is 54.6 Å². The van der Waals surface area contributed by atoms with Crippen molar-refractivity contribution in [2.45, 2.75) is 0 Å². The van der Waals surface area contributed by atoms with Crippen LogP contribution in [0.5, 0.6) is 0 Å². The lowest BCUT2D eigenvalue weighted by Crippen LogP contribution is -1.91. The molecule has 0 saturated heterocycles. The van der Waals surface area contributed by atoms with Gasteiger partial charge in [-0.25, -0.2) is 0 Å². The summed E-state index contributed by atoms with van der Waals surface area (Å²) in [5, 5.41) is 11.7. The van der Waals surface area contributed by atoms with Gasteiger partial charge in [-0.15, -0.1) is 0 Å². The van der Waals surface area contributed by atoms with Crippen LogP contribution in [-0.2, 0) is 0 Å². The van der Waals surface area contributed by atoms with Crippen LogP contribution >= 0.6 is 0 Å². The zero-order chi connectivity index (χ0) is 32.8. The van der Waals surface area contributed by atoms with Gasteiger partial charge in [0.2, 0.25) is 0 Å². The number of benzene rings is 9. The van der Waals surface area contributed by atoms with Gasteiger partial charge < -0.3 is 8.83 Å². The molecular weight excluding hydrogens is 609 g/mol. The van der Waals surface area contributed by atoms with Gasteiger partial charge in [0.15, 0.2) is 0 Å². The van der Waals surface area contributed by atoms with Crippen LogP contribution in [0.25, 0.3) is 110 Å². The molecule has 0 aliphatic heterocycles. The van der Waals surface area contributed by atoms with E-state index in [2.05, 4.69) is 158 Å². The molecule has 11 aromatic rings. The normalized spacial score (nSPS) is 12.0. The lowest BCUT2D eigenvalue weighted by molar-refractivity contribution is 0.663. The van der Waals surface area contributed by atoms with Crippen LogP contribution in [0.4, 0.5) is 0 Å². The van der Waals surface area contributed by atoms with Gasteiger partial charge in [-0.3, -0.25) is 0 Å². The van der Waals surface area contributed by atoms with Crippen molar-refractivity contribution in [3.8, 4) is 33.4 Å². The molecule has 2 heterocycles. The van der Waals surface area contributed by atoms with Gasteiger partial charge in [0.1, 0.15) is 22.3 Å². The molecule has 0 saturated carbocycles. The maximum atomic E-state index is 7.02. The van der Waals surface area contributed by atoms with E-state index in [9.17, 15) is 0 Å². The molecule has 50 heavy (non-hydrogen) atoms. The van der Waals surface area contributed by atoms with Gasteiger partial charge in [-0.05, 0) is 90.5 Å². The summed E-state index contributed by atoms with van der Waals surface area (Å²) in [5.74, 6) is 0. The van der Waals surface area contributed by atoms with E-state index in [4.69, 9.17) is 8.83 Å². The second-order valence-corrected chi connectivity index (χ2v) is 13.2. The van der Waals surface area contributed by atoms with Gasteiger partial charge in [0.25, 0.3) is 0 Å². The van der Waals surface area contributed by atoms with Crippen LogP contribution in [0.1, 0.15) is 0 Å². The summed E-state index contributed by atoms with van der Waals surface area (Å²) in [6, 6.07) is 60.8. The fourth-order valence-corrected chi connectivity index (χ4v) is 8.30. The third kappa shape index (κ3) is 3.85. The highest BCUT2D eigenvalue weighted by Crippen LogP contribution is 2.47. The van der Waals surface area contributed by atoms with Crippen molar-refractivity contribution in [3.05, 3.63) is 170 Å². The first-order chi connectivity index (χ1) is 24.8. The first-order valence-electron chi connectivity index (χ1n) is 17.1. The first-order valence-corrected chi connectivity index (χ1v) is 17.1. The molecule has 0 spiro atoms. The Labute approximate surface area is 287 Å². The lowest BCUT2D eigenvalue weighted by atomic mass is 9.85. The zero-order valence-corrected chi connectivity index (χ0v) is 27.0. The van der Waals surface area contributed by atoms with Gasteiger partial charge >= 0.3 is 0 Å². The number of fused-ring (bicyclic) bond motifs is 11. The molecule has 0 N–H and O–H groups in total. The Balaban J connectivity index is 1.22. The van der Waals surface area contributed by atoms with E-state index >= 15 is 0 Å². The lowest BCUT2D eigenvalue weighted by Gasteiger charge is -2.18. The van der Waals surface area contributed by atoms with Crippen molar-refractivity contribution in [2.75, 3.05) is 0 Å². The standard InChI is InChI=1S/C48H28O2/c1-2-13-29(14-3-1)43-34-19-6-8-21-36(34)44(37-22-9-7-20-35(37)43)32-17-12-16-30(27-32)40-28-31-15-4-5-18-33(31)45-39-25-26-42-46(47(39)50-48(40)45)38-23-10-11-24-41(38)49-42/h1-28H. The zero-order valence-electron chi connectivity index (χ0n) is 27.0. The summed E-state index contributed by atoms with van der Waals surface area (Å²) in [6.45, 7) is 0. The number of para-hydroxylation sites is 1. The molecule has 0 aliphatic carbocycles. The van der Waals surface area contributed by atoms with E-state index < -0.39 is 0 Å². The SMILES string of the molecule is c1ccc(-c2c3ccccc3c(-c3cccc(-c4cc5ccccc5c5c4oc4c5ccc5oc6ccccc6c54)c3)c3ccccc23)cc1. The molecule has 9 aromatic carbocycles. The number of hydrogen-bond donors (Lipinski definition) is 0. The Morgan fingerprint density at radius 2 is 0.880 bits per heavy atom. The molecule has 2 heteroatoms. The molecule has 0 amide bonds. The van der Waals surface area contributed by atoms with Gasteiger partial charge in [0, 0.05) is 21.7 Å². The Hall–Kier alpha value is -6.64. The summed E-state index contributed by atoms with van der Waals surface area (Å²) >= 11 is 0. The van der Waals surface area contributed by atoms with Gasteiger partial charge in [-0.1, -0.05) is 140 Å². The maximum absolute atomic E-state index is 7.02. The fraction of sp³-hybridized carbons (Fsp3) is 0. The molecule has 11 rings (SSSR count). The molecule has 0 fully saturated rings. The molecule has 2 nitrogen and oxygen atoms in total. The molecule has 0 bridgehead atoms. The average molecular weight is 637 g/mol. The van der Waals surface area contributed by atoms with Crippen molar-refractivity contribution in [2.24, 2.45) is 0 Å². The van der Waals surface area contributed by atoms with E-state index in [-0.39, 0.29) is 0 Å². The number of furan rings is 2. The summed E-state index contributed by atoms with van der Waals surface area (Å²) in [7, 11) is 0. The second-order valence-electron chi connectivity index (χ2n) is 13.2. The van der Waals surface area contributed by atoms with Crippen molar-refractivity contribution in [1.82, 2.24) is 0 Å². The van der Waals surface area contributed by atoms with E-state index in [1.807, 2.05) is 12.1 Å². The van der Waals surface area contributed by atoms with E-state index in [0.29, 0.717) is 0 Å². The Morgan fingerprint density at radius 1 is 0.300 bits per heavy atom. The Bertz CT molecular complexity index is 3080. The molecule has 0 atom stereocenters. The minimum atomic E-state index is 0.836. The summed E-state index contributed by atoms with van der Waals surface area (Å²) in [4.78, 5) is 0. The average Bonchev–Trinajstić information content (AvgIpc) is 3.76. The van der Waals surface area contributed by atoms with E-state index in [0.717, 1.165) is 55.0 Å². The molecule has 0 aliphatic rings. The third-order valence-corrected chi connectivity index (χ3v) is 10.4. The monoisotopic (exact) mass is 636 g/mol. The third-order valence-electron chi connectivity index (χ3n) is 10.4. The number of hydrogen-bond acceptors (Lipinski definition) is 2. The number of rotatable bonds is 3. The predicted molar refractivity (Wildman–Crippen MR) is 210 cm³/mol. The highest BCUT2D eigenvalue weighted by Gasteiger charge is 2.22. The topological polar surface area (TPSA) is 26.3 Å². The molecule has 232 valence electrons. The molecular formula is C48H28O2. The van der Waals surface area contributed by atoms with Crippen molar-refractivity contribution in [3.63, 3.8) is 0 Å². The van der Waals surface area contributed by atoms with Crippen LogP contribution in [0.15, 0.2) is 179 Å². The van der Waals surface area contributed by atoms with Crippen LogP contribution in [0.3, 0.4) is 0 Å². The minimum absolute atomic E-state index is 0.836. The maximum Gasteiger partial charge on any atom is 0.147 e. The summed E-state index contributed by atoms with van der Waals surface area (Å²) in [5.41, 5.74) is 10.6. The highest BCUT2D eigenvalue weighted by molar-refractivity contribution is 6.29. The van der Waals surface area contributed by atoms with Crippen molar-refractivity contribution in [1.29, 1.82) is 0 Å². The Morgan fingerprint density at radius 3 is 1.62 bits per heavy atom.